The zero-order chi connectivity index (χ0) is 21.2. The Kier molecular flexibility index (Phi) is 5.11. The van der Waals surface area contributed by atoms with Gasteiger partial charge in [0.2, 0.25) is 5.82 Å². The van der Waals surface area contributed by atoms with Crippen molar-refractivity contribution < 1.29 is 0 Å². The molecule has 5 rings (SSSR count). The largest absolute Gasteiger partial charge is 0.369 e. The minimum Gasteiger partial charge on any atom is -0.369 e. The summed E-state index contributed by atoms with van der Waals surface area (Å²) < 4.78 is 2.13. The summed E-state index contributed by atoms with van der Waals surface area (Å²) in [6, 6.07) is 23.2. The van der Waals surface area contributed by atoms with Crippen molar-refractivity contribution in [2.24, 2.45) is 0 Å². The monoisotopic (exact) mass is 408 g/mol. The Labute approximate surface area is 182 Å². The van der Waals surface area contributed by atoms with Crippen LogP contribution in [-0.4, -0.2) is 52.7 Å². The fourth-order valence-corrected chi connectivity index (χ4v) is 4.19. The molecule has 6 heteroatoms. The highest BCUT2D eigenvalue weighted by molar-refractivity contribution is 5.79. The fraction of sp³-hybridized carbons (Fsp3) is 0.240. The van der Waals surface area contributed by atoms with Gasteiger partial charge in [0, 0.05) is 61.3 Å². The van der Waals surface area contributed by atoms with Gasteiger partial charge in [-0.1, -0.05) is 30.3 Å². The molecule has 0 unspecified atom stereocenters. The van der Waals surface area contributed by atoms with E-state index in [1.807, 2.05) is 18.2 Å². The standard InChI is InChI=1S/C25H24N6/c1-29-11-13-30(14-12-29)21-9-7-19(8-10-21)15-23-16-20-18-27-24(17-26)28-25(20)31(23)22-5-3-2-4-6-22/h2-10,16,18H,11-15H2,1H3. The third-order valence-electron chi connectivity index (χ3n) is 5.92. The molecule has 0 saturated carbocycles. The lowest BCUT2D eigenvalue weighted by Crippen LogP contribution is -2.44. The van der Waals surface area contributed by atoms with Crippen molar-refractivity contribution in [3.8, 4) is 11.8 Å². The van der Waals surface area contributed by atoms with Crippen LogP contribution in [0.15, 0.2) is 66.9 Å². The van der Waals surface area contributed by atoms with Gasteiger partial charge in [0.05, 0.1) is 0 Å². The number of nitrogens with zero attached hydrogens (tertiary/aromatic N) is 6. The van der Waals surface area contributed by atoms with E-state index in [0.29, 0.717) is 0 Å². The molecule has 0 atom stereocenters. The van der Waals surface area contributed by atoms with Crippen molar-refractivity contribution in [1.29, 1.82) is 5.26 Å². The molecule has 4 aromatic rings. The number of hydrogen-bond acceptors (Lipinski definition) is 5. The molecule has 0 bridgehead atoms. The van der Waals surface area contributed by atoms with Crippen LogP contribution in [-0.2, 0) is 6.42 Å². The first kappa shape index (κ1) is 19.3. The van der Waals surface area contributed by atoms with Crippen LogP contribution >= 0.6 is 0 Å². The summed E-state index contributed by atoms with van der Waals surface area (Å²) in [6.45, 7) is 4.34. The van der Waals surface area contributed by atoms with Gasteiger partial charge in [-0.15, -0.1) is 0 Å². The predicted molar refractivity (Wildman–Crippen MR) is 123 cm³/mol. The van der Waals surface area contributed by atoms with Crippen LogP contribution in [0.3, 0.4) is 0 Å². The molecular weight excluding hydrogens is 384 g/mol. The topological polar surface area (TPSA) is 61.0 Å². The molecular formula is C25H24N6. The maximum atomic E-state index is 9.26. The molecule has 6 nitrogen and oxygen atoms in total. The minimum absolute atomic E-state index is 0.186. The number of anilines is 1. The van der Waals surface area contributed by atoms with Gasteiger partial charge in [0.25, 0.3) is 0 Å². The fourth-order valence-electron chi connectivity index (χ4n) is 4.19. The number of likely N-dealkylation sites (N-methyl/N-ethyl adjacent to an activating group) is 1. The first-order chi connectivity index (χ1) is 15.2. The summed E-state index contributed by atoms with van der Waals surface area (Å²) in [5.41, 5.74) is 5.44. The number of benzene rings is 2. The van der Waals surface area contributed by atoms with Crippen LogP contribution in [0.4, 0.5) is 5.69 Å². The molecule has 2 aromatic heterocycles. The van der Waals surface area contributed by atoms with E-state index in [9.17, 15) is 5.26 Å². The normalized spacial score (nSPS) is 14.6. The lowest BCUT2D eigenvalue weighted by atomic mass is 10.1. The molecule has 0 amide bonds. The van der Waals surface area contributed by atoms with Crippen molar-refractivity contribution in [2.75, 3.05) is 38.1 Å². The van der Waals surface area contributed by atoms with Crippen molar-refractivity contribution in [2.45, 2.75) is 6.42 Å². The summed E-state index contributed by atoms with van der Waals surface area (Å²) in [7, 11) is 2.18. The Bertz CT molecular complexity index is 1230. The highest BCUT2D eigenvalue weighted by atomic mass is 15.2. The Morgan fingerprint density at radius 1 is 0.935 bits per heavy atom. The zero-order valence-electron chi connectivity index (χ0n) is 17.6. The first-order valence-corrected chi connectivity index (χ1v) is 10.6. The van der Waals surface area contributed by atoms with Gasteiger partial charge >= 0.3 is 0 Å². The average molecular weight is 409 g/mol. The van der Waals surface area contributed by atoms with Crippen LogP contribution < -0.4 is 4.90 Å². The third kappa shape index (κ3) is 3.88. The van der Waals surface area contributed by atoms with Crippen LogP contribution in [0, 0.1) is 11.3 Å². The van der Waals surface area contributed by atoms with Crippen LogP contribution in [0.5, 0.6) is 0 Å². The van der Waals surface area contributed by atoms with E-state index < -0.39 is 0 Å². The smallest absolute Gasteiger partial charge is 0.234 e. The Hall–Kier alpha value is -3.69. The van der Waals surface area contributed by atoms with Crippen molar-refractivity contribution >= 4 is 16.7 Å². The third-order valence-corrected chi connectivity index (χ3v) is 5.92. The van der Waals surface area contributed by atoms with E-state index in [1.54, 1.807) is 6.20 Å². The molecule has 0 spiro atoms. The molecule has 1 aliphatic rings. The SMILES string of the molecule is CN1CCN(c2ccc(Cc3cc4cnc(C#N)nc4n3-c3ccccc3)cc2)CC1. The number of aromatic nitrogens is 3. The van der Waals surface area contributed by atoms with Crippen LogP contribution in [0.1, 0.15) is 17.1 Å². The summed E-state index contributed by atoms with van der Waals surface area (Å²) in [5.74, 6) is 0.186. The Morgan fingerprint density at radius 2 is 1.68 bits per heavy atom. The van der Waals surface area contributed by atoms with Crippen molar-refractivity contribution in [1.82, 2.24) is 19.4 Å². The number of piperazine rings is 1. The van der Waals surface area contributed by atoms with E-state index in [2.05, 4.69) is 79.9 Å². The van der Waals surface area contributed by atoms with E-state index >= 15 is 0 Å². The lowest BCUT2D eigenvalue weighted by molar-refractivity contribution is 0.313. The number of hydrogen-bond donors (Lipinski definition) is 0. The maximum Gasteiger partial charge on any atom is 0.234 e. The molecule has 3 heterocycles. The summed E-state index contributed by atoms with van der Waals surface area (Å²) in [6.07, 6.45) is 2.51. The van der Waals surface area contributed by atoms with Gasteiger partial charge in [-0.3, -0.25) is 4.57 Å². The molecule has 2 aromatic carbocycles. The van der Waals surface area contributed by atoms with E-state index in [1.165, 1.54) is 11.3 Å². The molecule has 154 valence electrons. The zero-order valence-corrected chi connectivity index (χ0v) is 17.6. The van der Waals surface area contributed by atoms with Gasteiger partial charge in [-0.2, -0.15) is 5.26 Å². The second-order valence-electron chi connectivity index (χ2n) is 8.02. The quantitative estimate of drug-likeness (QED) is 0.516. The molecule has 1 saturated heterocycles. The molecule has 1 fully saturated rings. The van der Waals surface area contributed by atoms with Gasteiger partial charge in [-0.25, -0.2) is 9.97 Å². The Morgan fingerprint density at radius 3 is 2.39 bits per heavy atom. The Balaban J connectivity index is 1.48. The number of fused-ring (bicyclic) bond motifs is 1. The van der Waals surface area contributed by atoms with E-state index in [0.717, 1.165) is 55.0 Å². The van der Waals surface area contributed by atoms with Gasteiger partial charge in [-0.05, 0) is 42.9 Å². The van der Waals surface area contributed by atoms with Crippen molar-refractivity contribution in [3.63, 3.8) is 0 Å². The van der Waals surface area contributed by atoms with Gasteiger partial charge < -0.3 is 9.80 Å². The average Bonchev–Trinajstić information content (AvgIpc) is 3.17. The van der Waals surface area contributed by atoms with Crippen LogP contribution in [0.2, 0.25) is 0 Å². The van der Waals surface area contributed by atoms with E-state index in [4.69, 9.17) is 0 Å². The second kappa shape index (κ2) is 8.21. The number of rotatable bonds is 4. The molecule has 0 aliphatic carbocycles. The first-order valence-electron chi connectivity index (χ1n) is 10.6. The lowest BCUT2D eigenvalue weighted by Gasteiger charge is -2.34. The predicted octanol–water partition coefficient (Wildman–Crippen LogP) is 3.63. The summed E-state index contributed by atoms with van der Waals surface area (Å²) >= 11 is 0. The summed E-state index contributed by atoms with van der Waals surface area (Å²) in [4.78, 5) is 13.5. The van der Waals surface area contributed by atoms with E-state index in [-0.39, 0.29) is 5.82 Å². The maximum absolute atomic E-state index is 9.26. The van der Waals surface area contributed by atoms with Crippen molar-refractivity contribution in [3.05, 3.63) is 83.9 Å². The van der Waals surface area contributed by atoms with Gasteiger partial charge in [0.15, 0.2) is 0 Å². The number of para-hydroxylation sites is 1. The molecule has 0 N–H and O–H groups in total. The number of nitriles is 1. The second-order valence-corrected chi connectivity index (χ2v) is 8.02. The van der Waals surface area contributed by atoms with Gasteiger partial charge in [0.1, 0.15) is 11.7 Å². The highest BCUT2D eigenvalue weighted by Gasteiger charge is 2.16. The molecule has 0 radical (unpaired) electrons. The van der Waals surface area contributed by atoms with Crippen LogP contribution in [0.25, 0.3) is 16.7 Å². The molecule has 31 heavy (non-hydrogen) atoms. The highest BCUT2D eigenvalue weighted by Crippen LogP contribution is 2.26. The molecule has 1 aliphatic heterocycles. The summed E-state index contributed by atoms with van der Waals surface area (Å²) in [5, 5.41) is 10.2. The minimum atomic E-state index is 0.186.